The summed E-state index contributed by atoms with van der Waals surface area (Å²) < 4.78 is 10.1. The van der Waals surface area contributed by atoms with Gasteiger partial charge in [-0.3, -0.25) is 4.98 Å². The number of pyridine rings is 1. The third-order valence-electron chi connectivity index (χ3n) is 5.96. The van der Waals surface area contributed by atoms with E-state index < -0.39 is 5.43 Å². The molecule has 4 rings (SSSR count). The lowest BCUT2D eigenvalue weighted by molar-refractivity contribution is 0.105. The summed E-state index contributed by atoms with van der Waals surface area (Å²) >= 11 is 11.4. The summed E-state index contributed by atoms with van der Waals surface area (Å²) in [5.74, 6) is 1.30. The Morgan fingerprint density at radius 3 is 2.43 bits per heavy atom. The van der Waals surface area contributed by atoms with Crippen LogP contribution in [0.25, 0.3) is 5.57 Å². The van der Waals surface area contributed by atoms with Crippen molar-refractivity contribution < 1.29 is 19.1 Å². The predicted molar refractivity (Wildman–Crippen MR) is 143 cm³/mol. The number of carbonyl (C=O) groups is 2. The van der Waals surface area contributed by atoms with Crippen molar-refractivity contribution in [2.75, 3.05) is 37.8 Å². The van der Waals surface area contributed by atoms with Crippen molar-refractivity contribution in [3.8, 4) is 0 Å². The van der Waals surface area contributed by atoms with E-state index in [-0.39, 0.29) is 12.7 Å². The van der Waals surface area contributed by atoms with Crippen molar-refractivity contribution in [2.24, 2.45) is 0 Å². The number of aromatic nitrogens is 1. The van der Waals surface area contributed by atoms with Gasteiger partial charge in [-0.25, -0.2) is 9.59 Å². The van der Waals surface area contributed by atoms with Crippen molar-refractivity contribution in [3.63, 3.8) is 0 Å². The molecule has 0 spiro atoms. The summed E-state index contributed by atoms with van der Waals surface area (Å²) in [5, 5.41) is 0.750. The molecule has 186 valence electrons. The van der Waals surface area contributed by atoms with Gasteiger partial charge >= 0.3 is 11.5 Å². The Balaban J connectivity index is 1.35. The van der Waals surface area contributed by atoms with E-state index in [0.717, 1.165) is 36.4 Å². The van der Waals surface area contributed by atoms with Crippen LogP contribution in [-0.2, 0) is 22.3 Å². The van der Waals surface area contributed by atoms with E-state index in [0.29, 0.717) is 31.2 Å². The first kappa shape index (κ1) is 26.2. The SMILES string of the molecule is O=C(Cl)OCCSSCCOC(=O)N1CCC(=C2c3ccc(Cl)cc3CCc3cccnc32)CC1. The van der Waals surface area contributed by atoms with Crippen LogP contribution in [0.3, 0.4) is 0 Å². The van der Waals surface area contributed by atoms with Gasteiger partial charge < -0.3 is 14.4 Å². The number of hydrogen-bond donors (Lipinski definition) is 0. The summed E-state index contributed by atoms with van der Waals surface area (Å²) in [6, 6.07) is 10.3. The zero-order valence-electron chi connectivity index (χ0n) is 19.1. The largest absolute Gasteiger partial charge is 0.453 e. The molecule has 0 bridgehead atoms. The van der Waals surface area contributed by atoms with Crippen LogP contribution in [0.1, 0.15) is 35.2 Å². The fraction of sp³-hybridized carbons (Fsp3) is 0.400. The quantitative estimate of drug-likeness (QED) is 0.217. The van der Waals surface area contributed by atoms with Crippen LogP contribution in [0.4, 0.5) is 9.59 Å². The number of likely N-dealkylation sites (tertiary alicyclic amines) is 1. The molecule has 1 aromatic carbocycles. The molecule has 1 aliphatic carbocycles. The normalized spacial score (nSPS) is 15.2. The molecule has 2 aliphatic rings. The lowest BCUT2D eigenvalue weighted by atomic mass is 9.88. The molecule has 2 aromatic rings. The van der Waals surface area contributed by atoms with Gasteiger partial charge in [0.25, 0.3) is 0 Å². The molecule has 0 radical (unpaired) electrons. The van der Waals surface area contributed by atoms with Crippen LogP contribution in [0.2, 0.25) is 5.02 Å². The van der Waals surface area contributed by atoms with Gasteiger partial charge in [-0.2, -0.15) is 0 Å². The van der Waals surface area contributed by atoms with Gasteiger partial charge in [0, 0.05) is 53.0 Å². The Kier molecular flexibility index (Phi) is 9.66. The molecule has 2 heterocycles. The van der Waals surface area contributed by atoms with Gasteiger partial charge in [0.05, 0.1) is 5.69 Å². The maximum atomic E-state index is 12.6. The Hall–Kier alpha value is -1.87. The second-order valence-electron chi connectivity index (χ2n) is 8.12. The summed E-state index contributed by atoms with van der Waals surface area (Å²) in [5.41, 5.74) is 6.48. The number of rotatable bonds is 7. The average Bonchev–Trinajstić information content (AvgIpc) is 3.02. The topological polar surface area (TPSA) is 68.7 Å². The first-order valence-electron chi connectivity index (χ1n) is 11.5. The minimum Gasteiger partial charge on any atom is -0.453 e. The highest BCUT2D eigenvalue weighted by atomic mass is 35.5. The van der Waals surface area contributed by atoms with Crippen molar-refractivity contribution in [2.45, 2.75) is 25.7 Å². The predicted octanol–water partition coefficient (Wildman–Crippen LogP) is 6.62. The van der Waals surface area contributed by atoms with E-state index in [9.17, 15) is 9.59 Å². The molecular formula is C25H26Cl2N2O4S2. The molecule has 1 saturated heterocycles. The van der Waals surface area contributed by atoms with Crippen molar-refractivity contribution >= 4 is 61.9 Å². The number of halogens is 2. The first-order chi connectivity index (χ1) is 17.0. The second-order valence-corrected chi connectivity index (χ2v) is 11.6. The van der Waals surface area contributed by atoms with Gasteiger partial charge in [-0.15, -0.1) is 0 Å². The molecule has 1 aromatic heterocycles. The number of carbonyl (C=O) groups excluding carboxylic acids is 2. The van der Waals surface area contributed by atoms with Crippen LogP contribution >= 0.6 is 44.8 Å². The van der Waals surface area contributed by atoms with Crippen LogP contribution < -0.4 is 0 Å². The molecule has 0 unspecified atom stereocenters. The Bertz CT molecular complexity index is 1100. The van der Waals surface area contributed by atoms with E-state index in [1.165, 1.54) is 27.8 Å². The number of piperidine rings is 1. The monoisotopic (exact) mass is 552 g/mol. The second kappa shape index (κ2) is 12.9. The van der Waals surface area contributed by atoms with E-state index in [1.54, 1.807) is 26.5 Å². The molecule has 0 saturated carbocycles. The van der Waals surface area contributed by atoms with Crippen LogP contribution in [0, 0.1) is 0 Å². The molecule has 1 fully saturated rings. The number of benzene rings is 1. The lowest BCUT2D eigenvalue weighted by Gasteiger charge is -2.29. The van der Waals surface area contributed by atoms with Gasteiger partial charge in [-0.1, -0.05) is 50.9 Å². The van der Waals surface area contributed by atoms with E-state index >= 15 is 0 Å². The summed E-state index contributed by atoms with van der Waals surface area (Å²) in [6.45, 7) is 1.84. The van der Waals surface area contributed by atoms with Crippen LogP contribution in [-0.4, -0.2) is 59.2 Å². The number of nitrogens with zero attached hydrogens (tertiary/aromatic N) is 2. The molecule has 35 heavy (non-hydrogen) atoms. The zero-order chi connectivity index (χ0) is 24.6. The highest BCUT2D eigenvalue weighted by molar-refractivity contribution is 8.76. The summed E-state index contributed by atoms with van der Waals surface area (Å²) in [4.78, 5) is 29.6. The van der Waals surface area contributed by atoms with Gasteiger partial charge in [0.15, 0.2) is 0 Å². The minimum absolute atomic E-state index is 0.267. The van der Waals surface area contributed by atoms with E-state index in [4.69, 9.17) is 32.9 Å². The smallest absolute Gasteiger partial charge is 0.409 e. The van der Waals surface area contributed by atoms with Crippen molar-refractivity contribution in [1.82, 2.24) is 9.88 Å². The third kappa shape index (κ3) is 7.09. The highest BCUT2D eigenvalue weighted by Gasteiger charge is 2.27. The van der Waals surface area contributed by atoms with Crippen LogP contribution in [0.15, 0.2) is 42.1 Å². The van der Waals surface area contributed by atoms with Gasteiger partial charge in [0.1, 0.15) is 13.2 Å². The molecule has 10 heteroatoms. The number of amides is 1. The van der Waals surface area contributed by atoms with E-state index in [1.807, 2.05) is 18.3 Å². The third-order valence-corrected chi connectivity index (χ3v) is 8.64. The van der Waals surface area contributed by atoms with Crippen molar-refractivity contribution in [3.05, 3.63) is 69.5 Å². The van der Waals surface area contributed by atoms with Gasteiger partial charge in [0.2, 0.25) is 0 Å². The number of aryl methyl sites for hydroxylation is 2. The summed E-state index contributed by atoms with van der Waals surface area (Å²) in [6.07, 6.45) is 5.01. The summed E-state index contributed by atoms with van der Waals surface area (Å²) in [7, 11) is 3.11. The molecular weight excluding hydrogens is 527 g/mol. The molecule has 1 amide bonds. The Morgan fingerprint density at radius 1 is 0.971 bits per heavy atom. The molecule has 6 nitrogen and oxygen atoms in total. The van der Waals surface area contributed by atoms with E-state index in [2.05, 4.69) is 22.9 Å². The molecule has 0 atom stereocenters. The zero-order valence-corrected chi connectivity index (χ0v) is 22.3. The average molecular weight is 554 g/mol. The fourth-order valence-electron chi connectivity index (χ4n) is 4.37. The minimum atomic E-state index is -0.794. The number of hydrogen-bond acceptors (Lipinski definition) is 7. The maximum absolute atomic E-state index is 12.6. The molecule has 0 N–H and O–H groups in total. The maximum Gasteiger partial charge on any atom is 0.409 e. The fourth-order valence-corrected chi connectivity index (χ4v) is 6.30. The van der Waals surface area contributed by atoms with Crippen molar-refractivity contribution in [1.29, 1.82) is 0 Å². The Morgan fingerprint density at radius 2 is 1.69 bits per heavy atom. The lowest BCUT2D eigenvalue weighted by Crippen LogP contribution is -2.37. The standard InChI is InChI=1S/C25H26Cl2N2O4S2/c26-20-5-6-21-19(16-20)4-3-18-2-1-9-28-23(18)22(21)17-7-10-29(11-8-17)25(31)33-13-15-35-34-14-12-32-24(27)30/h1-2,5-6,9,16H,3-4,7-8,10-15H2. The Labute approximate surface area is 223 Å². The molecule has 1 aliphatic heterocycles. The highest BCUT2D eigenvalue weighted by Crippen LogP contribution is 2.38. The van der Waals surface area contributed by atoms with Gasteiger partial charge in [-0.05, 0) is 60.6 Å². The first-order valence-corrected chi connectivity index (χ1v) is 14.7. The number of ether oxygens (including phenoxy) is 2. The van der Waals surface area contributed by atoms with Crippen LogP contribution in [0.5, 0.6) is 0 Å². The number of fused-ring (bicyclic) bond motifs is 2.